The third-order valence-electron chi connectivity index (χ3n) is 3.57. The van der Waals surface area contributed by atoms with Gasteiger partial charge in [-0.25, -0.2) is 0 Å². The van der Waals surface area contributed by atoms with Gasteiger partial charge in [0.05, 0.1) is 12.3 Å². The van der Waals surface area contributed by atoms with Crippen LogP contribution in [0.4, 0.5) is 0 Å². The molecule has 1 atom stereocenters. The molecule has 1 unspecified atom stereocenters. The van der Waals surface area contributed by atoms with Gasteiger partial charge in [0.15, 0.2) is 0 Å². The first-order valence-electron chi connectivity index (χ1n) is 6.71. The van der Waals surface area contributed by atoms with E-state index in [1.165, 1.54) is 5.56 Å². The topological polar surface area (TPSA) is 57.6 Å². The number of likely N-dealkylation sites (tertiary alicyclic amines) is 1. The monoisotopic (exact) mass is 261 g/mol. The van der Waals surface area contributed by atoms with Gasteiger partial charge in [0, 0.05) is 13.1 Å². The van der Waals surface area contributed by atoms with Gasteiger partial charge < -0.3 is 10.0 Å². The number of benzene rings is 1. The molecule has 1 aromatic carbocycles. The smallest absolute Gasteiger partial charge is 0.304 e. The number of carbonyl (C=O) groups excluding carboxylic acids is 1. The van der Waals surface area contributed by atoms with Gasteiger partial charge >= 0.3 is 5.97 Å². The van der Waals surface area contributed by atoms with Crippen LogP contribution in [0.2, 0.25) is 0 Å². The molecule has 2 rings (SSSR count). The Bertz CT molecular complexity index is 444. The van der Waals surface area contributed by atoms with Crippen LogP contribution in [-0.4, -0.2) is 35.0 Å². The quantitative estimate of drug-likeness (QED) is 0.851. The van der Waals surface area contributed by atoms with Gasteiger partial charge in [-0.3, -0.25) is 9.59 Å². The van der Waals surface area contributed by atoms with Crippen LogP contribution in [0.5, 0.6) is 0 Å². The summed E-state index contributed by atoms with van der Waals surface area (Å²) in [5.41, 5.74) is 1.27. The highest BCUT2D eigenvalue weighted by Gasteiger charge is 2.32. The zero-order valence-corrected chi connectivity index (χ0v) is 10.9. The van der Waals surface area contributed by atoms with Crippen molar-refractivity contribution in [2.75, 3.05) is 13.1 Å². The van der Waals surface area contributed by atoms with Gasteiger partial charge in [0.1, 0.15) is 0 Å². The van der Waals surface area contributed by atoms with Gasteiger partial charge in [0.25, 0.3) is 0 Å². The molecule has 1 aromatic rings. The number of nitrogens with zero attached hydrogens (tertiary/aromatic N) is 1. The normalized spacial score (nSPS) is 18.8. The molecule has 0 spiro atoms. The molecule has 1 aliphatic rings. The Kier molecular flexibility index (Phi) is 4.55. The fourth-order valence-corrected chi connectivity index (χ4v) is 2.54. The average molecular weight is 261 g/mol. The first-order chi connectivity index (χ1) is 9.16. The lowest BCUT2D eigenvalue weighted by Gasteiger charge is -2.16. The summed E-state index contributed by atoms with van der Waals surface area (Å²) in [7, 11) is 0. The number of amides is 1. The molecule has 1 saturated heterocycles. The number of carboxylic acid groups (broad SMARTS) is 1. The predicted molar refractivity (Wildman–Crippen MR) is 71.7 cm³/mol. The Morgan fingerprint density at radius 1 is 1.32 bits per heavy atom. The van der Waals surface area contributed by atoms with Crippen molar-refractivity contribution >= 4 is 11.9 Å². The molecular formula is C15H19NO3. The van der Waals surface area contributed by atoms with E-state index in [1.54, 1.807) is 4.90 Å². The summed E-state index contributed by atoms with van der Waals surface area (Å²) in [6.07, 6.45) is 2.52. The van der Waals surface area contributed by atoms with Crippen LogP contribution in [0.25, 0.3) is 0 Å². The van der Waals surface area contributed by atoms with E-state index in [9.17, 15) is 9.59 Å². The zero-order chi connectivity index (χ0) is 13.7. The Morgan fingerprint density at radius 3 is 2.74 bits per heavy atom. The third-order valence-corrected chi connectivity index (χ3v) is 3.57. The average Bonchev–Trinajstić information content (AvgIpc) is 2.72. The highest BCUT2D eigenvalue weighted by atomic mass is 16.4. The van der Waals surface area contributed by atoms with Crippen molar-refractivity contribution in [3.05, 3.63) is 35.9 Å². The Morgan fingerprint density at radius 2 is 2.05 bits per heavy atom. The van der Waals surface area contributed by atoms with Crippen molar-refractivity contribution in [1.29, 1.82) is 0 Å². The number of hydrogen-bond acceptors (Lipinski definition) is 2. The molecule has 0 bridgehead atoms. The van der Waals surface area contributed by atoms with Gasteiger partial charge in [-0.1, -0.05) is 30.3 Å². The lowest BCUT2D eigenvalue weighted by Crippen LogP contribution is -2.29. The Balaban J connectivity index is 1.75. The van der Waals surface area contributed by atoms with Crippen molar-refractivity contribution in [1.82, 2.24) is 4.90 Å². The molecule has 0 saturated carbocycles. The van der Waals surface area contributed by atoms with E-state index >= 15 is 0 Å². The molecule has 1 aliphatic heterocycles. The maximum Gasteiger partial charge on any atom is 0.304 e. The van der Waals surface area contributed by atoms with Crippen LogP contribution in [0, 0.1) is 5.92 Å². The minimum Gasteiger partial charge on any atom is -0.481 e. The summed E-state index contributed by atoms with van der Waals surface area (Å²) in [6.45, 7) is 1.43. The lowest BCUT2D eigenvalue weighted by atomic mass is 10.0. The van der Waals surface area contributed by atoms with E-state index in [2.05, 4.69) is 12.1 Å². The summed E-state index contributed by atoms with van der Waals surface area (Å²) in [6, 6.07) is 10.2. The molecule has 1 heterocycles. The maximum atomic E-state index is 11.9. The van der Waals surface area contributed by atoms with Gasteiger partial charge in [0.2, 0.25) is 5.91 Å². The molecule has 4 nitrogen and oxygen atoms in total. The van der Waals surface area contributed by atoms with E-state index < -0.39 is 5.97 Å². The molecule has 4 heteroatoms. The van der Waals surface area contributed by atoms with Crippen molar-refractivity contribution in [3.8, 4) is 0 Å². The predicted octanol–water partition coefficient (Wildman–Crippen LogP) is 1.94. The number of carbonyl (C=O) groups is 2. The summed E-state index contributed by atoms with van der Waals surface area (Å²) in [5, 5.41) is 8.73. The maximum absolute atomic E-state index is 11.9. The van der Waals surface area contributed by atoms with Crippen molar-refractivity contribution in [2.24, 2.45) is 5.92 Å². The number of aryl methyl sites for hydroxylation is 1. The number of aliphatic carboxylic acids is 1. The minimum absolute atomic E-state index is 0.00969. The summed E-state index contributed by atoms with van der Waals surface area (Å²) in [5.74, 6) is -1.19. The van der Waals surface area contributed by atoms with Crippen LogP contribution in [0.1, 0.15) is 24.8 Å². The van der Waals surface area contributed by atoms with Gasteiger partial charge in [-0.05, 0) is 24.8 Å². The molecule has 1 N–H and O–H groups in total. The zero-order valence-electron chi connectivity index (χ0n) is 10.9. The lowest BCUT2D eigenvalue weighted by molar-refractivity contribution is -0.142. The third kappa shape index (κ3) is 3.81. The first-order valence-corrected chi connectivity index (χ1v) is 6.71. The van der Waals surface area contributed by atoms with Crippen LogP contribution in [0.15, 0.2) is 30.3 Å². The Labute approximate surface area is 113 Å². The van der Waals surface area contributed by atoms with Gasteiger partial charge in [-0.2, -0.15) is 0 Å². The largest absolute Gasteiger partial charge is 0.481 e. The summed E-state index contributed by atoms with van der Waals surface area (Å²) in [4.78, 5) is 24.4. The van der Waals surface area contributed by atoms with E-state index in [4.69, 9.17) is 5.11 Å². The molecule has 0 aromatic heterocycles. The minimum atomic E-state index is -0.885. The van der Waals surface area contributed by atoms with Crippen molar-refractivity contribution < 1.29 is 14.7 Å². The highest BCUT2D eigenvalue weighted by molar-refractivity contribution is 5.84. The fraction of sp³-hybridized carbons (Fsp3) is 0.467. The fourth-order valence-electron chi connectivity index (χ4n) is 2.54. The second kappa shape index (κ2) is 6.36. The van der Waals surface area contributed by atoms with Crippen LogP contribution in [0.3, 0.4) is 0 Å². The molecule has 19 heavy (non-hydrogen) atoms. The SMILES string of the molecule is O=C(O)CC1CCN(CCCc2ccccc2)C1=O. The van der Waals surface area contributed by atoms with Gasteiger partial charge in [-0.15, -0.1) is 0 Å². The molecule has 0 radical (unpaired) electrons. The first kappa shape index (κ1) is 13.6. The highest BCUT2D eigenvalue weighted by Crippen LogP contribution is 2.21. The van der Waals surface area contributed by atoms with Crippen LogP contribution in [-0.2, 0) is 16.0 Å². The Hall–Kier alpha value is -1.84. The van der Waals surface area contributed by atoms with E-state index in [0.29, 0.717) is 13.0 Å². The standard InChI is InChI=1S/C15H19NO3/c17-14(18)11-13-8-10-16(15(13)19)9-4-7-12-5-2-1-3-6-12/h1-3,5-6,13H,4,7-11H2,(H,17,18). The second-order valence-electron chi connectivity index (χ2n) is 5.00. The van der Waals surface area contributed by atoms with Crippen LogP contribution >= 0.6 is 0 Å². The molecule has 1 amide bonds. The van der Waals surface area contributed by atoms with E-state index in [-0.39, 0.29) is 18.2 Å². The second-order valence-corrected chi connectivity index (χ2v) is 5.00. The number of carboxylic acids is 1. The molecular weight excluding hydrogens is 242 g/mol. The van der Waals surface area contributed by atoms with E-state index in [1.807, 2.05) is 18.2 Å². The van der Waals surface area contributed by atoms with Crippen LogP contribution < -0.4 is 0 Å². The van der Waals surface area contributed by atoms with Crippen molar-refractivity contribution in [3.63, 3.8) is 0 Å². The number of rotatable bonds is 6. The van der Waals surface area contributed by atoms with Crippen molar-refractivity contribution in [2.45, 2.75) is 25.7 Å². The van der Waals surface area contributed by atoms with E-state index in [0.717, 1.165) is 19.4 Å². The number of hydrogen-bond donors (Lipinski definition) is 1. The summed E-state index contributed by atoms with van der Waals surface area (Å²) >= 11 is 0. The summed E-state index contributed by atoms with van der Waals surface area (Å²) < 4.78 is 0. The molecule has 0 aliphatic carbocycles. The molecule has 1 fully saturated rings. The molecule has 102 valence electrons.